The molecule has 2 unspecified atom stereocenters. The predicted octanol–water partition coefficient (Wildman–Crippen LogP) is 1.95. The summed E-state index contributed by atoms with van der Waals surface area (Å²) in [6.07, 6.45) is 6.52. The van der Waals surface area contributed by atoms with Crippen molar-refractivity contribution in [1.29, 1.82) is 0 Å². The zero-order valence-corrected chi connectivity index (χ0v) is 14.6. The molecule has 5 heteroatoms. The molecule has 1 saturated carbocycles. The van der Waals surface area contributed by atoms with Crippen molar-refractivity contribution in [1.82, 2.24) is 10.6 Å². The number of carbonyl (C=O) groups is 2. The molecule has 1 rings (SSSR count). The molecule has 4 N–H and O–H groups in total. The van der Waals surface area contributed by atoms with Crippen molar-refractivity contribution in [3.05, 3.63) is 0 Å². The van der Waals surface area contributed by atoms with Gasteiger partial charge in [-0.3, -0.25) is 9.59 Å². The van der Waals surface area contributed by atoms with E-state index in [1.165, 1.54) is 19.3 Å². The van der Waals surface area contributed by atoms with Crippen LogP contribution >= 0.6 is 0 Å². The van der Waals surface area contributed by atoms with Crippen LogP contribution in [0.2, 0.25) is 0 Å². The van der Waals surface area contributed by atoms with Crippen LogP contribution in [-0.4, -0.2) is 29.9 Å². The fourth-order valence-corrected chi connectivity index (χ4v) is 2.84. The van der Waals surface area contributed by atoms with Gasteiger partial charge < -0.3 is 16.4 Å². The maximum Gasteiger partial charge on any atom is 0.242 e. The summed E-state index contributed by atoms with van der Waals surface area (Å²) in [5.41, 5.74) is 5.33. The van der Waals surface area contributed by atoms with Gasteiger partial charge in [-0.25, -0.2) is 0 Å². The van der Waals surface area contributed by atoms with Crippen LogP contribution in [-0.2, 0) is 9.59 Å². The SMILES string of the molecule is CC(NC(=O)CC1CCCCC1)C(=O)NC(C)(CN)C(C)C. The lowest BCUT2D eigenvalue weighted by Crippen LogP contribution is -2.59. The molecular weight excluding hydrogens is 278 g/mol. The molecule has 0 saturated heterocycles. The molecule has 0 spiro atoms. The van der Waals surface area contributed by atoms with Gasteiger partial charge in [-0.2, -0.15) is 0 Å². The molecule has 0 heterocycles. The third-order valence-electron chi connectivity index (χ3n) is 5.08. The summed E-state index contributed by atoms with van der Waals surface area (Å²) in [4.78, 5) is 24.3. The normalized spacial score (nSPS) is 20.3. The van der Waals surface area contributed by atoms with Crippen LogP contribution in [0.25, 0.3) is 0 Å². The highest BCUT2D eigenvalue weighted by atomic mass is 16.2. The van der Waals surface area contributed by atoms with Gasteiger partial charge in [0.1, 0.15) is 6.04 Å². The molecule has 5 nitrogen and oxygen atoms in total. The molecule has 0 bridgehead atoms. The van der Waals surface area contributed by atoms with Gasteiger partial charge in [0.25, 0.3) is 0 Å². The molecule has 2 atom stereocenters. The highest BCUT2D eigenvalue weighted by molar-refractivity contribution is 5.87. The summed E-state index contributed by atoms with van der Waals surface area (Å²) in [5, 5.41) is 5.79. The standard InChI is InChI=1S/C17H33N3O2/c1-12(2)17(4,11-18)20-16(22)13(3)19-15(21)10-14-8-6-5-7-9-14/h12-14H,5-11,18H2,1-4H3,(H,19,21)(H,20,22). The number of nitrogens with one attached hydrogen (secondary N) is 2. The number of hydrogen-bond donors (Lipinski definition) is 3. The topological polar surface area (TPSA) is 84.2 Å². The molecule has 1 aliphatic rings. The molecule has 22 heavy (non-hydrogen) atoms. The van der Waals surface area contributed by atoms with E-state index < -0.39 is 11.6 Å². The zero-order valence-electron chi connectivity index (χ0n) is 14.6. The molecule has 0 aromatic carbocycles. The Morgan fingerprint density at radius 3 is 2.27 bits per heavy atom. The second-order valence-electron chi connectivity index (χ2n) is 7.26. The van der Waals surface area contributed by atoms with Gasteiger partial charge >= 0.3 is 0 Å². The fraction of sp³-hybridized carbons (Fsp3) is 0.882. The summed E-state index contributed by atoms with van der Waals surface area (Å²) in [7, 11) is 0. The Morgan fingerprint density at radius 2 is 1.77 bits per heavy atom. The Kier molecular flexibility index (Phi) is 7.33. The molecule has 0 radical (unpaired) electrons. The first-order valence-electron chi connectivity index (χ1n) is 8.60. The van der Waals surface area contributed by atoms with Crippen LogP contribution in [0.15, 0.2) is 0 Å². The first kappa shape index (κ1) is 18.9. The van der Waals surface area contributed by atoms with Gasteiger partial charge in [0.15, 0.2) is 0 Å². The number of hydrogen-bond acceptors (Lipinski definition) is 3. The Bertz CT molecular complexity index is 378. The second-order valence-corrected chi connectivity index (χ2v) is 7.26. The fourth-order valence-electron chi connectivity index (χ4n) is 2.84. The van der Waals surface area contributed by atoms with E-state index in [0.29, 0.717) is 18.9 Å². The summed E-state index contributed by atoms with van der Waals surface area (Å²) in [6, 6.07) is -0.527. The van der Waals surface area contributed by atoms with Crippen molar-refractivity contribution in [3.8, 4) is 0 Å². The lowest BCUT2D eigenvalue weighted by atomic mass is 9.86. The lowest BCUT2D eigenvalue weighted by Gasteiger charge is -2.34. The highest BCUT2D eigenvalue weighted by Crippen LogP contribution is 2.26. The minimum Gasteiger partial charge on any atom is -0.348 e. The van der Waals surface area contributed by atoms with Gasteiger partial charge in [0.05, 0.1) is 5.54 Å². The maximum absolute atomic E-state index is 12.3. The predicted molar refractivity (Wildman–Crippen MR) is 89.2 cm³/mol. The van der Waals surface area contributed by atoms with Crippen molar-refractivity contribution in [2.24, 2.45) is 17.6 Å². The minimum atomic E-state index is -0.527. The van der Waals surface area contributed by atoms with Crippen molar-refractivity contribution >= 4 is 11.8 Å². The van der Waals surface area contributed by atoms with Gasteiger partial charge in [-0.05, 0) is 38.5 Å². The zero-order chi connectivity index (χ0) is 16.8. The summed E-state index contributed by atoms with van der Waals surface area (Å²) < 4.78 is 0. The molecular formula is C17H33N3O2. The molecule has 1 fully saturated rings. The number of amides is 2. The Balaban J connectivity index is 2.44. The van der Waals surface area contributed by atoms with Crippen molar-refractivity contribution < 1.29 is 9.59 Å². The van der Waals surface area contributed by atoms with Crippen LogP contribution in [0.1, 0.15) is 66.2 Å². The van der Waals surface area contributed by atoms with Crippen molar-refractivity contribution in [2.75, 3.05) is 6.54 Å². The average Bonchev–Trinajstić information content (AvgIpc) is 2.47. The third kappa shape index (κ3) is 5.59. The molecule has 0 aromatic rings. The van der Waals surface area contributed by atoms with Gasteiger partial charge in [-0.1, -0.05) is 33.1 Å². The van der Waals surface area contributed by atoms with Crippen LogP contribution in [0.5, 0.6) is 0 Å². The van der Waals surface area contributed by atoms with Crippen LogP contribution < -0.4 is 16.4 Å². The van der Waals surface area contributed by atoms with E-state index in [4.69, 9.17) is 5.73 Å². The van der Waals surface area contributed by atoms with E-state index in [-0.39, 0.29) is 17.7 Å². The van der Waals surface area contributed by atoms with Crippen LogP contribution in [0.3, 0.4) is 0 Å². The second kappa shape index (κ2) is 8.51. The molecule has 2 amide bonds. The first-order chi connectivity index (χ1) is 10.3. The smallest absolute Gasteiger partial charge is 0.242 e. The van der Waals surface area contributed by atoms with E-state index in [9.17, 15) is 9.59 Å². The van der Waals surface area contributed by atoms with Crippen molar-refractivity contribution in [3.63, 3.8) is 0 Å². The monoisotopic (exact) mass is 311 g/mol. The van der Waals surface area contributed by atoms with Gasteiger partial charge in [-0.15, -0.1) is 0 Å². The van der Waals surface area contributed by atoms with E-state index in [0.717, 1.165) is 12.8 Å². The largest absolute Gasteiger partial charge is 0.348 e. The Labute approximate surface area is 134 Å². The molecule has 0 aliphatic heterocycles. The van der Waals surface area contributed by atoms with E-state index in [2.05, 4.69) is 10.6 Å². The third-order valence-corrected chi connectivity index (χ3v) is 5.08. The summed E-state index contributed by atoms with van der Waals surface area (Å²) in [5.74, 6) is 0.521. The van der Waals surface area contributed by atoms with Crippen molar-refractivity contribution in [2.45, 2.75) is 77.8 Å². The van der Waals surface area contributed by atoms with Crippen LogP contribution in [0.4, 0.5) is 0 Å². The highest BCUT2D eigenvalue weighted by Gasteiger charge is 2.30. The molecule has 1 aliphatic carbocycles. The van der Waals surface area contributed by atoms with Crippen LogP contribution in [0, 0.1) is 11.8 Å². The molecule has 128 valence electrons. The van der Waals surface area contributed by atoms with E-state index in [1.807, 2.05) is 20.8 Å². The number of nitrogens with two attached hydrogens (primary N) is 1. The number of rotatable bonds is 7. The Hall–Kier alpha value is -1.10. The van der Waals surface area contributed by atoms with E-state index in [1.54, 1.807) is 6.92 Å². The van der Waals surface area contributed by atoms with Gasteiger partial charge in [0.2, 0.25) is 11.8 Å². The lowest BCUT2D eigenvalue weighted by molar-refractivity contribution is -0.130. The first-order valence-corrected chi connectivity index (χ1v) is 8.60. The molecule has 0 aromatic heterocycles. The summed E-state index contributed by atoms with van der Waals surface area (Å²) in [6.45, 7) is 8.09. The van der Waals surface area contributed by atoms with E-state index >= 15 is 0 Å². The summed E-state index contributed by atoms with van der Waals surface area (Å²) >= 11 is 0. The van der Waals surface area contributed by atoms with Gasteiger partial charge in [0, 0.05) is 13.0 Å². The Morgan fingerprint density at radius 1 is 1.18 bits per heavy atom. The average molecular weight is 311 g/mol. The quantitative estimate of drug-likeness (QED) is 0.672. The number of carbonyl (C=O) groups excluding carboxylic acids is 2. The maximum atomic E-state index is 12.3. The minimum absolute atomic E-state index is 0.0199.